The second-order valence-corrected chi connectivity index (χ2v) is 1.34. The van der Waals surface area contributed by atoms with Crippen molar-refractivity contribution in [1.29, 1.82) is 0 Å². The zero-order valence-electron chi connectivity index (χ0n) is 4.25. The Hall–Kier alpha value is 2.18. The van der Waals surface area contributed by atoms with Gasteiger partial charge in [0, 0.05) is 0 Å². The first kappa shape index (κ1) is 29.2. The molecule has 0 N–H and O–H groups in total. The standard InChI is InChI=1S/3Cu.2O3P/c;;;2*1-4(2)3/q3*+2;2*-3. The minimum atomic E-state index is -3.37. The molecule has 0 rings (SSSR count). The normalized spacial score (nSPS) is 6.55. The molecule has 0 unspecified atom stereocenters. The molecule has 0 aromatic rings. The minimum absolute atomic E-state index is 0. The third-order valence-corrected chi connectivity index (χ3v) is 0. The Balaban J connectivity index is -0.0000000171. The van der Waals surface area contributed by atoms with Crippen LogP contribution in [0.15, 0.2) is 0 Å². The van der Waals surface area contributed by atoms with Gasteiger partial charge in [0.05, 0.1) is 0 Å². The van der Waals surface area contributed by atoms with Gasteiger partial charge in [0.1, 0.15) is 0 Å². The summed E-state index contributed by atoms with van der Waals surface area (Å²) in [6.45, 7) is 0. The molecule has 0 atom stereocenters. The van der Waals surface area contributed by atoms with Gasteiger partial charge in [0.25, 0.3) is 0 Å². The Kier molecular flexibility index (Phi) is 60.4. The van der Waals surface area contributed by atoms with Crippen molar-refractivity contribution in [3.63, 3.8) is 0 Å². The van der Waals surface area contributed by atoms with Crippen LogP contribution in [0.25, 0.3) is 0 Å². The Morgan fingerprint density at radius 2 is 0.455 bits per heavy atom. The summed E-state index contributed by atoms with van der Waals surface area (Å²) in [5.74, 6) is 0. The topological polar surface area (TPSA) is 138 Å². The molecule has 0 heterocycles. The van der Waals surface area contributed by atoms with E-state index in [2.05, 4.69) is 0 Å². The maximum atomic E-state index is 8.48. The van der Waals surface area contributed by atoms with Gasteiger partial charge in [0.15, 0.2) is 0 Å². The Morgan fingerprint density at radius 1 is 0.455 bits per heavy atom. The van der Waals surface area contributed by atoms with Crippen LogP contribution in [0, 0.1) is 0 Å². The van der Waals surface area contributed by atoms with Crippen molar-refractivity contribution in [3.05, 3.63) is 0 Å². The fourth-order valence-electron chi connectivity index (χ4n) is 0. The van der Waals surface area contributed by atoms with Crippen LogP contribution in [0.3, 0.4) is 0 Å². The summed E-state index contributed by atoms with van der Waals surface area (Å²) in [5, 5.41) is 0. The van der Waals surface area contributed by atoms with E-state index in [0.29, 0.717) is 0 Å². The van der Waals surface area contributed by atoms with E-state index in [1.165, 1.54) is 0 Å². The van der Waals surface area contributed by atoms with Gasteiger partial charge in [-0.25, -0.2) is 0 Å². The van der Waals surface area contributed by atoms with Gasteiger partial charge < -0.3 is 46.6 Å². The first-order valence-electron chi connectivity index (χ1n) is 1.10. The molecular formula is Cu3O6P2. The summed E-state index contributed by atoms with van der Waals surface area (Å²) in [7, 11) is -6.74. The van der Waals surface area contributed by atoms with Crippen LogP contribution in [-0.2, 0) is 51.2 Å². The summed E-state index contributed by atoms with van der Waals surface area (Å²) in [4.78, 5) is 50.9. The summed E-state index contributed by atoms with van der Waals surface area (Å²) < 4.78 is 0. The van der Waals surface area contributed by atoms with E-state index in [1.807, 2.05) is 0 Å². The molecule has 0 bridgehead atoms. The molecule has 3 radical (unpaired) electrons. The monoisotopic (exact) mass is 347 g/mol. The molecule has 0 aliphatic rings. The smallest absolute Gasteiger partial charge is 0.854 e. The second kappa shape index (κ2) is 22.8. The van der Waals surface area contributed by atoms with E-state index in [9.17, 15) is 0 Å². The molecule has 0 spiro atoms. The van der Waals surface area contributed by atoms with Crippen molar-refractivity contribution < 1.29 is 80.6 Å². The van der Waals surface area contributed by atoms with Gasteiger partial charge >= 0.3 is 51.2 Å². The molecule has 0 aromatic carbocycles. The van der Waals surface area contributed by atoms with Crippen molar-refractivity contribution >= 4 is 17.2 Å². The summed E-state index contributed by atoms with van der Waals surface area (Å²) in [5.41, 5.74) is 0. The summed E-state index contributed by atoms with van der Waals surface area (Å²) in [6.07, 6.45) is 0. The van der Waals surface area contributed by atoms with Crippen molar-refractivity contribution in [2.75, 3.05) is 0 Å². The Bertz CT molecular complexity index is 31.3. The van der Waals surface area contributed by atoms with Crippen LogP contribution in [0.4, 0.5) is 0 Å². The third kappa shape index (κ3) is 266. The number of hydrogen-bond donors (Lipinski definition) is 0. The molecule has 0 amide bonds. The predicted molar refractivity (Wildman–Crippen MR) is 13.8 cm³/mol. The predicted octanol–water partition coefficient (Wildman–Crippen LogP) is -5.42. The van der Waals surface area contributed by atoms with E-state index < -0.39 is 17.2 Å². The number of hydrogen-bond acceptors (Lipinski definition) is 6. The van der Waals surface area contributed by atoms with Gasteiger partial charge in [-0.2, -0.15) is 0 Å². The summed E-state index contributed by atoms with van der Waals surface area (Å²) >= 11 is 0. The van der Waals surface area contributed by atoms with E-state index in [1.54, 1.807) is 0 Å². The molecule has 6 nitrogen and oxygen atoms in total. The molecule has 11 heavy (non-hydrogen) atoms. The Morgan fingerprint density at radius 3 is 0.455 bits per heavy atom. The fourth-order valence-corrected chi connectivity index (χ4v) is 0. The molecule has 0 aliphatic heterocycles. The SMILES string of the molecule is [Cu+2].[Cu+2].[Cu+2].[O-]P([O-])[O-].[O-]P([O-])[O-]. The van der Waals surface area contributed by atoms with Gasteiger partial charge in [-0.1, -0.05) is 0 Å². The largest absolute Gasteiger partial charge is 2.00 e. The molecule has 11 heteroatoms. The van der Waals surface area contributed by atoms with Crippen molar-refractivity contribution in [1.82, 2.24) is 0 Å². The molecule has 0 saturated heterocycles. The Labute approximate surface area is 97.5 Å². The molecule has 0 fully saturated rings. The van der Waals surface area contributed by atoms with Gasteiger partial charge in [0.2, 0.25) is 0 Å². The van der Waals surface area contributed by atoms with Gasteiger partial charge in [-0.3, -0.25) is 0 Å². The first-order chi connectivity index (χ1) is 3.46. The maximum absolute atomic E-state index is 8.48. The number of rotatable bonds is 0. The van der Waals surface area contributed by atoms with Crippen LogP contribution in [0.5, 0.6) is 0 Å². The zero-order valence-corrected chi connectivity index (χ0v) is 8.86. The molecule has 0 aromatic heterocycles. The van der Waals surface area contributed by atoms with Crippen molar-refractivity contribution in [2.24, 2.45) is 0 Å². The average molecular weight is 349 g/mol. The third-order valence-electron chi connectivity index (χ3n) is 0. The van der Waals surface area contributed by atoms with Crippen molar-refractivity contribution in [3.8, 4) is 0 Å². The summed E-state index contributed by atoms with van der Waals surface area (Å²) in [6, 6.07) is 0. The molecule has 0 saturated carbocycles. The van der Waals surface area contributed by atoms with Crippen LogP contribution in [0.2, 0.25) is 0 Å². The van der Waals surface area contributed by atoms with Crippen LogP contribution in [0.1, 0.15) is 0 Å². The van der Waals surface area contributed by atoms with Crippen molar-refractivity contribution in [2.45, 2.75) is 0 Å². The second-order valence-electron chi connectivity index (χ2n) is 0.447. The minimum Gasteiger partial charge on any atom is -0.854 e. The quantitative estimate of drug-likeness (QED) is 0.316. The van der Waals surface area contributed by atoms with E-state index in [0.717, 1.165) is 0 Å². The molecule has 79 valence electrons. The molecular weight excluding hydrogens is 349 g/mol. The molecule has 0 aliphatic carbocycles. The zero-order chi connectivity index (χ0) is 7.15. The van der Waals surface area contributed by atoms with Crippen LogP contribution >= 0.6 is 17.2 Å². The maximum Gasteiger partial charge on any atom is 2.00 e. The van der Waals surface area contributed by atoms with Gasteiger partial charge in [-0.05, 0) is 0 Å². The van der Waals surface area contributed by atoms with Crippen LogP contribution in [-0.4, -0.2) is 0 Å². The fraction of sp³-hybridized carbons (Fsp3) is 0. The first-order valence-corrected chi connectivity index (χ1v) is 3.29. The average Bonchev–Trinajstić information content (AvgIpc) is 1.25. The van der Waals surface area contributed by atoms with Gasteiger partial charge in [-0.15, -0.1) is 0 Å². The van der Waals surface area contributed by atoms with Crippen LogP contribution < -0.4 is 29.4 Å². The van der Waals surface area contributed by atoms with E-state index in [4.69, 9.17) is 29.4 Å². The van der Waals surface area contributed by atoms with E-state index in [-0.39, 0.29) is 51.2 Å². The van der Waals surface area contributed by atoms with E-state index >= 15 is 0 Å².